The van der Waals surface area contributed by atoms with Crippen molar-refractivity contribution in [3.63, 3.8) is 0 Å². The van der Waals surface area contributed by atoms with Gasteiger partial charge in [0.25, 0.3) is 70.9 Å². The zero-order chi connectivity index (χ0) is 109. The molecule has 0 aliphatic rings. The molecule has 18 amide bonds. The molecule has 0 saturated carbocycles. The lowest BCUT2D eigenvalue weighted by Gasteiger charge is -2.19. The molecule has 150 heavy (non-hydrogen) atoms. The Morgan fingerprint density at radius 1 is 0.253 bits per heavy atom. The minimum absolute atomic E-state index is 0.00292. The van der Waals surface area contributed by atoms with E-state index >= 15 is 0 Å². The number of carbonyl (C=O) groups excluding carboxylic acids is 18. The van der Waals surface area contributed by atoms with Crippen LogP contribution in [-0.4, -0.2) is 293 Å². The highest BCUT2D eigenvalue weighted by molar-refractivity contribution is 6.11. The number of hydrogen-bond acceptors (Lipinski definition) is 26. The predicted octanol–water partition coefficient (Wildman–Crippen LogP) is 0.480. The van der Waals surface area contributed by atoms with Crippen molar-refractivity contribution in [2.24, 2.45) is 84.6 Å². The lowest BCUT2D eigenvalue weighted by atomic mass is 10.1. The molecule has 0 bridgehead atoms. The van der Waals surface area contributed by atoms with Gasteiger partial charge in [0.05, 0.1) is 34.1 Å². The molecule has 0 aromatic carbocycles. The maximum absolute atomic E-state index is 14.7. The van der Waals surface area contributed by atoms with E-state index in [-0.39, 0.29) is 190 Å². The van der Waals surface area contributed by atoms with Crippen LogP contribution in [0.25, 0.3) is 0 Å². The molecule has 56 heteroatoms. The smallest absolute Gasteiger partial charge is 0.292 e. The van der Waals surface area contributed by atoms with Gasteiger partial charge in [-0.05, 0) is 103 Å². The average Bonchev–Trinajstić information content (AvgIpc) is 1.67. The van der Waals surface area contributed by atoms with Crippen LogP contribution in [0, 0.1) is 0 Å². The molecule has 794 valence electrons. The number of aromatic nitrogens is 18. The highest BCUT2D eigenvalue weighted by Gasteiger charge is 2.32. The second kappa shape index (κ2) is 49.7. The third kappa shape index (κ3) is 29.6. The van der Waals surface area contributed by atoms with Gasteiger partial charge in [0.1, 0.15) is 46.2 Å². The Morgan fingerprint density at radius 3 is 0.760 bits per heavy atom. The molecule has 2 atom stereocenters. The summed E-state index contributed by atoms with van der Waals surface area (Å²) in [5.41, 5.74) is 1.61. The second-order valence-electron chi connectivity index (χ2n) is 35.8. The minimum atomic E-state index is -1.57. The van der Waals surface area contributed by atoms with Gasteiger partial charge in [0, 0.05) is 236 Å². The zero-order valence-corrected chi connectivity index (χ0v) is 85.3. The second-order valence-corrected chi connectivity index (χ2v) is 35.8. The fraction of sp³-hybridized carbons (Fsp3) is 0.362. The number of anilines is 10. The van der Waals surface area contributed by atoms with Crippen molar-refractivity contribution >= 4 is 164 Å². The summed E-state index contributed by atoms with van der Waals surface area (Å²) >= 11 is 0. The molecule has 0 saturated heterocycles. The van der Waals surface area contributed by atoms with Crippen molar-refractivity contribution in [3.05, 3.63) is 192 Å². The van der Waals surface area contributed by atoms with E-state index in [9.17, 15) is 86.3 Å². The first-order chi connectivity index (χ1) is 71.3. The van der Waals surface area contributed by atoms with Gasteiger partial charge in [-0.2, -0.15) is 0 Å². The SMILES string of the molecule is CN(C)CCCNC(=O)CCNC(=O)c1cc(NC(=O)c2cc(NC(=O)c3nc(NC(=O)[C@@H](CCNC(=O)c4cc(NC(=O)c5nc(NC(=O)c6nccn6C)cn5C)cn4C)NC(=O)CCC(=O)N[C@H](CCNC(=O)c4cc(NC(=O)c5nc(NC(=O)c6nccn6C)cn5C)cn4C)C(=O)Nc4cn(C)c(C(=O)Nc5cc(C(=O)Nc6cc(C(=O)NCCC(=O)NCCCN(C)C)n(C)c6)n(C)c5)n4)cn3C)cn2C)cn1C. The van der Waals surface area contributed by atoms with E-state index in [0.29, 0.717) is 13.1 Å². The Labute approximate surface area is 857 Å². The molecule has 0 radical (unpaired) electrons. The van der Waals surface area contributed by atoms with Gasteiger partial charge in [-0.3, -0.25) is 86.3 Å². The van der Waals surface area contributed by atoms with Crippen LogP contribution >= 0.6 is 0 Å². The van der Waals surface area contributed by atoms with Crippen LogP contribution in [0.2, 0.25) is 0 Å². The van der Waals surface area contributed by atoms with Crippen LogP contribution in [0.15, 0.2) is 123 Å². The summed E-state index contributed by atoms with van der Waals surface area (Å²) < 4.78 is 16.9. The molecule has 12 aromatic heterocycles. The first-order valence-corrected chi connectivity index (χ1v) is 47.0. The Balaban J connectivity index is 0.714. The van der Waals surface area contributed by atoms with Crippen molar-refractivity contribution in [1.29, 1.82) is 0 Å². The topological polar surface area (TPSA) is 667 Å². The standard InChI is InChI=1S/C94H120N38O18/c1-119(2)33-17-25-95-71(133)23-29-101-85(141)61-37-53(43-123(61)7)103-87(143)65-41-57(47-127(65)11)107-91(147)77-111-67(49-129(77)13)115-81(137)59(21-27-99-83(139)63-39-55(45-125(63)9)105-93(149)79-113-69(51-131(79)15)117-89(145)75-97-31-35-121(75)5)109-73(135)19-20-74(136)110-60(22-28-100-84(140)64-40-56(46-126(64)10)106-94(150)80-114-70(52-132(80)16)118-90(146)76-98-32-36-122(76)6)82(138)116-68-50-130(14)78(112-68)92(148)108-58-42-66(128(12)48-58)88(144)104-54-38-62(124(8)44-54)86(142)102-30-24-72(134)96-26-18-34-120(3)4/h31-32,35-52,59-60H,17-30,33-34H2,1-16H3,(H,95,133)(H,96,134)(H,99,139)(H,100,140)(H,101,141)(H,102,142)(H,103,143)(H,104,144)(H,105,149)(H,106,150)(H,107,147)(H,108,148)(H,109,135)(H,110,136)(H,115,137)(H,116,138)(H,117,145)(H,118,146)/t59-,60-/m1/s1. The number of aryl methyl sites for hydroxylation is 12. The van der Waals surface area contributed by atoms with Crippen molar-refractivity contribution in [1.82, 2.24) is 137 Å². The van der Waals surface area contributed by atoms with Crippen LogP contribution in [0.3, 0.4) is 0 Å². The van der Waals surface area contributed by atoms with Crippen LogP contribution in [0.4, 0.5) is 57.4 Å². The lowest BCUT2D eigenvalue weighted by Crippen LogP contribution is -2.47. The van der Waals surface area contributed by atoms with Gasteiger partial charge in [0.15, 0.2) is 34.9 Å². The maximum atomic E-state index is 14.7. The van der Waals surface area contributed by atoms with Crippen molar-refractivity contribution in [2.75, 3.05) is 134 Å². The molecule has 0 spiro atoms. The molecule has 0 aliphatic carbocycles. The Hall–Kier alpha value is -18.7. The number of amides is 18. The predicted molar refractivity (Wildman–Crippen MR) is 546 cm³/mol. The van der Waals surface area contributed by atoms with Gasteiger partial charge in [-0.15, -0.1) is 0 Å². The minimum Gasteiger partial charge on any atom is -0.356 e. The maximum Gasteiger partial charge on any atom is 0.292 e. The largest absolute Gasteiger partial charge is 0.356 e. The summed E-state index contributed by atoms with van der Waals surface area (Å²) in [4.78, 5) is 275. The summed E-state index contributed by atoms with van der Waals surface area (Å²) in [5, 5.41) is 48.3. The summed E-state index contributed by atoms with van der Waals surface area (Å²) in [6.45, 7) is 2.00. The van der Waals surface area contributed by atoms with E-state index in [0.717, 1.165) is 25.9 Å². The fourth-order valence-electron chi connectivity index (χ4n) is 15.5. The normalized spacial score (nSPS) is 11.5. The average molecular weight is 2070 g/mol. The molecule has 0 aliphatic heterocycles. The molecule has 12 rings (SSSR count). The number of carbonyl (C=O) groups is 18. The number of nitrogens with one attached hydrogen (secondary N) is 18. The van der Waals surface area contributed by atoms with E-state index in [2.05, 4.69) is 126 Å². The van der Waals surface area contributed by atoms with Crippen molar-refractivity contribution in [2.45, 2.75) is 63.5 Å². The number of nitrogens with zero attached hydrogens (tertiary/aromatic N) is 20. The molecule has 0 fully saturated rings. The quantitative estimate of drug-likeness (QED) is 0.0231. The summed E-state index contributed by atoms with van der Waals surface area (Å²) in [5.74, 6) is -13.0. The first-order valence-electron chi connectivity index (χ1n) is 47.0. The summed E-state index contributed by atoms with van der Waals surface area (Å²) in [6, 6.07) is 5.22. The van der Waals surface area contributed by atoms with E-state index < -0.39 is 119 Å². The molecule has 12 heterocycles. The van der Waals surface area contributed by atoms with Crippen LogP contribution in [-0.2, 0) is 113 Å². The third-order valence-corrected chi connectivity index (χ3v) is 23.1. The molecule has 18 N–H and O–H groups in total. The Kier molecular flexibility index (Phi) is 36.5. The highest BCUT2D eigenvalue weighted by Crippen LogP contribution is 2.25. The summed E-state index contributed by atoms with van der Waals surface area (Å²) in [7, 11) is 26.2. The monoisotopic (exact) mass is 2070 g/mol. The van der Waals surface area contributed by atoms with Crippen LogP contribution < -0.4 is 95.7 Å². The molecule has 12 aromatic rings. The molecular formula is C94H120N38O18. The number of hydrogen-bond donors (Lipinski definition) is 18. The highest BCUT2D eigenvalue weighted by atomic mass is 16.2. The van der Waals surface area contributed by atoms with Crippen molar-refractivity contribution < 1.29 is 86.3 Å². The van der Waals surface area contributed by atoms with Crippen LogP contribution in [0.5, 0.6) is 0 Å². The first kappa shape index (κ1) is 110. The van der Waals surface area contributed by atoms with E-state index in [1.807, 2.05) is 38.0 Å². The van der Waals surface area contributed by atoms with Gasteiger partial charge in [-0.25, -0.2) is 29.9 Å². The Morgan fingerprint density at radius 2 is 0.500 bits per heavy atom. The van der Waals surface area contributed by atoms with Gasteiger partial charge in [-0.1, -0.05) is 0 Å². The molecule has 56 nitrogen and oxygen atoms in total. The van der Waals surface area contributed by atoms with Gasteiger partial charge >= 0.3 is 0 Å². The summed E-state index contributed by atoms with van der Waals surface area (Å²) in [6.07, 6.45) is 19.8. The van der Waals surface area contributed by atoms with Gasteiger partial charge in [0.2, 0.25) is 58.7 Å². The molecular weight excluding hydrogens is 1950 g/mol. The van der Waals surface area contributed by atoms with Gasteiger partial charge < -0.3 is 160 Å². The fourth-order valence-corrected chi connectivity index (χ4v) is 15.5. The van der Waals surface area contributed by atoms with E-state index in [1.54, 1.807) is 54.7 Å². The third-order valence-electron chi connectivity index (χ3n) is 23.1. The number of rotatable bonds is 49. The van der Waals surface area contributed by atoms with Crippen molar-refractivity contribution in [3.8, 4) is 0 Å². The van der Waals surface area contributed by atoms with E-state index in [4.69, 9.17) is 0 Å². The number of imidazole rings is 6. The zero-order valence-electron chi connectivity index (χ0n) is 85.3. The molecule has 0 unspecified atom stereocenters. The van der Waals surface area contributed by atoms with E-state index in [1.165, 1.54) is 208 Å². The Bertz CT molecular complexity index is 6710. The van der Waals surface area contributed by atoms with Crippen LogP contribution in [0.1, 0.15) is 178 Å². The lowest BCUT2D eigenvalue weighted by molar-refractivity contribution is -0.130.